The van der Waals surface area contributed by atoms with Gasteiger partial charge in [0.05, 0.1) is 13.2 Å². The van der Waals surface area contributed by atoms with Gasteiger partial charge >= 0.3 is 11.9 Å². The first-order valence-electron chi connectivity index (χ1n) is 9.41. The van der Waals surface area contributed by atoms with Crippen LogP contribution in [0.15, 0.2) is 0 Å². The predicted octanol–water partition coefficient (Wildman–Crippen LogP) is 4.51. The Bertz CT molecular complexity index is 352. The monoisotopic (exact) mass is 326 g/mol. The lowest BCUT2D eigenvalue weighted by Crippen LogP contribution is -2.48. The van der Waals surface area contributed by atoms with Crippen molar-refractivity contribution in [3.8, 4) is 0 Å². The number of esters is 2. The first kappa shape index (κ1) is 20.0. The Balaban J connectivity index is 2.88. The fourth-order valence-corrected chi connectivity index (χ4v) is 3.95. The van der Waals surface area contributed by atoms with Crippen molar-refractivity contribution in [2.45, 2.75) is 79.1 Å². The minimum atomic E-state index is -1.11. The summed E-state index contributed by atoms with van der Waals surface area (Å²) in [6.07, 6.45) is 8.25. The molecule has 0 saturated heterocycles. The molecule has 4 nitrogen and oxygen atoms in total. The van der Waals surface area contributed by atoms with Crippen LogP contribution < -0.4 is 0 Å². The molecule has 1 aliphatic carbocycles. The molecule has 1 rings (SSSR count). The van der Waals surface area contributed by atoms with Crippen LogP contribution in [0.2, 0.25) is 0 Å². The van der Waals surface area contributed by atoms with Crippen LogP contribution in [-0.2, 0) is 19.1 Å². The average molecular weight is 326 g/mol. The maximum atomic E-state index is 12.6. The quantitative estimate of drug-likeness (QED) is 0.462. The number of ether oxygens (including phenoxy) is 2. The zero-order valence-electron chi connectivity index (χ0n) is 15.4. The van der Waals surface area contributed by atoms with E-state index in [0.29, 0.717) is 19.6 Å². The summed E-state index contributed by atoms with van der Waals surface area (Å²) in [5, 5.41) is 0. The summed E-state index contributed by atoms with van der Waals surface area (Å²) in [6, 6.07) is 0. The van der Waals surface area contributed by atoms with Crippen molar-refractivity contribution in [2.24, 2.45) is 17.3 Å². The van der Waals surface area contributed by atoms with E-state index in [4.69, 9.17) is 9.47 Å². The number of carbonyl (C=O) groups is 2. The van der Waals surface area contributed by atoms with Gasteiger partial charge in [-0.1, -0.05) is 46.0 Å². The Hall–Kier alpha value is -1.06. The second kappa shape index (κ2) is 9.94. The third kappa shape index (κ3) is 4.71. The molecule has 0 atom stereocenters. The van der Waals surface area contributed by atoms with Crippen LogP contribution in [0.4, 0.5) is 0 Å². The van der Waals surface area contributed by atoms with E-state index in [2.05, 4.69) is 6.92 Å². The molecule has 0 N–H and O–H groups in total. The van der Waals surface area contributed by atoms with Crippen molar-refractivity contribution in [2.75, 3.05) is 13.2 Å². The molecular weight excluding hydrogens is 292 g/mol. The van der Waals surface area contributed by atoms with Gasteiger partial charge < -0.3 is 9.47 Å². The average Bonchev–Trinajstić information content (AvgIpc) is 2.56. The highest BCUT2D eigenvalue weighted by atomic mass is 16.6. The van der Waals surface area contributed by atoms with E-state index >= 15 is 0 Å². The molecule has 23 heavy (non-hydrogen) atoms. The van der Waals surface area contributed by atoms with Crippen LogP contribution in [0.5, 0.6) is 0 Å². The zero-order chi connectivity index (χ0) is 17.3. The van der Waals surface area contributed by atoms with Gasteiger partial charge in [-0.2, -0.15) is 0 Å². The lowest BCUT2D eigenvalue weighted by molar-refractivity contribution is -0.178. The van der Waals surface area contributed by atoms with Crippen molar-refractivity contribution < 1.29 is 19.1 Å². The maximum Gasteiger partial charge on any atom is 0.323 e. The van der Waals surface area contributed by atoms with Gasteiger partial charge in [-0.05, 0) is 44.9 Å². The summed E-state index contributed by atoms with van der Waals surface area (Å²) in [5.41, 5.74) is -1.11. The third-order valence-corrected chi connectivity index (χ3v) is 5.35. The molecule has 0 spiro atoms. The van der Waals surface area contributed by atoms with E-state index in [1.54, 1.807) is 13.8 Å². The Morgan fingerprint density at radius 3 is 1.83 bits per heavy atom. The van der Waals surface area contributed by atoms with Gasteiger partial charge in [0.25, 0.3) is 0 Å². The fraction of sp³-hybridized carbons (Fsp3) is 0.895. The lowest BCUT2D eigenvalue weighted by Gasteiger charge is -2.39. The lowest BCUT2D eigenvalue weighted by atomic mass is 9.65. The van der Waals surface area contributed by atoms with Crippen LogP contribution in [0, 0.1) is 17.3 Å². The largest absolute Gasteiger partial charge is 0.465 e. The van der Waals surface area contributed by atoms with Crippen molar-refractivity contribution in [1.29, 1.82) is 0 Å². The van der Waals surface area contributed by atoms with E-state index < -0.39 is 17.4 Å². The van der Waals surface area contributed by atoms with Gasteiger partial charge in [-0.3, -0.25) is 9.59 Å². The summed E-state index contributed by atoms with van der Waals surface area (Å²) < 4.78 is 10.5. The van der Waals surface area contributed by atoms with Crippen molar-refractivity contribution >= 4 is 11.9 Å². The number of hydrogen-bond donors (Lipinski definition) is 0. The molecule has 1 aliphatic rings. The number of carbonyl (C=O) groups excluding carboxylic acids is 2. The number of unbranched alkanes of at least 4 members (excludes halogenated alkanes) is 1. The van der Waals surface area contributed by atoms with E-state index in [9.17, 15) is 9.59 Å². The Kier molecular flexibility index (Phi) is 8.64. The van der Waals surface area contributed by atoms with E-state index in [-0.39, 0.29) is 5.92 Å². The van der Waals surface area contributed by atoms with Crippen molar-refractivity contribution in [3.05, 3.63) is 0 Å². The van der Waals surface area contributed by atoms with Gasteiger partial charge in [0.1, 0.15) is 0 Å². The maximum absolute atomic E-state index is 12.6. The summed E-state index contributed by atoms with van der Waals surface area (Å²) in [5.74, 6) is 0.00420. The summed E-state index contributed by atoms with van der Waals surface area (Å²) >= 11 is 0. The van der Waals surface area contributed by atoms with Crippen LogP contribution in [0.3, 0.4) is 0 Å². The van der Waals surface area contributed by atoms with Crippen LogP contribution >= 0.6 is 0 Å². The summed E-state index contributed by atoms with van der Waals surface area (Å²) in [4.78, 5) is 25.3. The van der Waals surface area contributed by atoms with Crippen LogP contribution in [-0.4, -0.2) is 25.2 Å². The molecule has 0 bridgehead atoms. The SMILES string of the molecule is CCCCC1CCC(C(CC)(C(=O)OCC)C(=O)OCC)CC1. The molecule has 0 aromatic carbocycles. The van der Waals surface area contributed by atoms with Crippen LogP contribution in [0.1, 0.15) is 79.1 Å². The first-order chi connectivity index (χ1) is 11.1. The van der Waals surface area contributed by atoms with Gasteiger partial charge in [-0.15, -0.1) is 0 Å². The molecule has 1 saturated carbocycles. The zero-order valence-corrected chi connectivity index (χ0v) is 15.4. The van der Waals surface area contributed by atoms with Gasteiger partial charge in [0.2, 0.25) is 0 Å². The molecule has 0 heterocycles. The molecule has 1 fully saturated rings. The summed E-state index contributed by atoms with van der Waals surface area (Å²) in [7, 11) is 0. The Labute approximate surface area is 141 Å². The Morgan fingerprint density at radius 2 is 1.43 bits per heavy atom. The standard InChI is InChI=1S/C19H34O4/c1-5-9-10-15-11-13-16(14-12-15)19(6-2,17(20)22-7-3)18(21)23-8-4/h15-16H,5-14H2,1-4H3. The van der Waals surface area contributed by atoms with Gasteiger partial charge in [0, 0.05) is 0 Å². The minimum Gasteiger partial charge on any atom is -0.465 e. The number of rotatable bonds is 9. The highest BCUT2D eigenvalue weighted by Gasteiger charge is 2.53. The highest BCUT2D eigenvalue weighted by molar-refractivity contribution is 6.00. The molecule has 0 aromatic rings. The van der Waals surface area contributed by atoms with Crippen molar-refractivity contribution in [3.63, 3.8) is 0 Å². The molecule has 0 amide bonds. The van der Waals surface area contributed by atoms with E-state index in [1.165, 1.54) is 19.3 Å². The molecule has 0 unspecified atom stereocenters. The van der Waals surface area contributed by atoms with E-state index in [1.807, 2.05) is 6.92 Å². The molecule has 0 aliphatic heterocycles. The molecular formula is C19H34O4. The molecule has 0 radical (unpaired) electrons. The topological polar surface area (TPSA) is 52.6 Å². The van der Waals surface area contributed by atoms with E-state index in [0.717, 1.165) is 31.6 Å². The second-order valence-electron chi connectivity index (χ2n) is 6.63. The second-order valence-corrected chi connectivity index (χ2v) is 6.63. The predicted molar refractivity (Wildman–Crippen MR) is 91.0 cm³/mol. The van der Waals surface area contributed by atoms with Gasteiger partial charge in [-0.25, -0.2) is 0 Å². The first-order valence-corrected chi connectivity index (χ1v) is 9.41. The minimum absolute atomic E-state index is 0.0449. The van der Waals surface area contributed by atoms with Crippen LogP contribution in [0.25, 0.3) is 0 Å². The summed E-state index contributed by atoms with van der Waals surface area (Å²) in [6.45, 7) is 8.28. The normalized spacial score (nSPS) is 21.7. The van der Waals surface area contributed by atoms with Gasteiger partial charge in [0.15, 0.2) is 5.41 Å². The molecule has 0 aromatic heterocycles. The fourth-order valence-electron chi connectivity index (χ4n) is 3.95. The number of hydrogen-bond acceptors (Lipinski definition) is 4. The molecule has 134 valence electrons. The Morgan fingerprint density at radius 1 is 0.913 bits per heavy atom. The smallest absolute Gasteiger partial charge is 0.323 e. The highest BCUT2D eigenvalue weighted by Crippen LogP contribution is 2.45. The molecule has 4 heteroatoms. The van der Waals surface area contributed by atoms with Crippen molar-refractivity contribution in [1.82, 2.24) is 0 Å². The third-order valence-electron chi connectivity index (χ3n) is 5.35.